The molecule has 1 aliphatic carbocycles. The lowest BCUT2D eigenvalue weighted by Crippen LogP contribution is -2.42. The summed E-state index contributed by atoms with van der Waals surface area (Å²) in [4.78, 5) is 14.2. The van der Waals surface area contributed by atoms with Crippen LogP contribution in [0.3, 0.4) is 0 Å². The summed E-state index contributed by atoms with van der Waals surface area (Å²) < 4.78 is 10.8. The Morgan fingerprint density at radius 3 is 2.85 bits per heavy atom. The van der Waals surface area contributed by atoms with Gasteiger partial charge in [-0.05, 0) is 52.6 Å². The minimum absolute atomic E-state index is 0.107. The first kappa shape index (κ1) is 15.7. The summed E-state index contributed by atoms with van der Waals surface area (Å²) in [5.74, 6) is -0.107. The maximum absolute atomic E-state index is 11.9. The number of likely N-dealkylation sites (N-methyl/N-ethyl adjacent to an activating group) is 1. The smallest absolute Gasteiger partial charge is 0.323 e. The summed E-state index contributed by atoms with van der Waals surface area (Å²) in [5, 5.41) is 3.39. The molecule has 1 aliphatic heterocycles. The van der Waals surface area contributed by atoms with E-state index in [1.165, 1.54) is 19.3 Å². The molecule has 5 nitrogen and oxygen atoms in total. The molecular formula is C15H28N2O3. The second-order valence-corrected chi connectivity index (χ2v) is 5.93. The van der Waals surface area contributed by atoms with Crippen molar-refractivity contribution in [2.45, 2.75) is 57.2 Å². The van der Waals surface area contributed by atoms with Crippen molar-refractivity contribution >= 4 is 5.97 Å². The first-order chi connectivity index (χ1) is 9.69. The molecule has 2 atom stereocenters. The van der Waals surface area contributed by atoms with Crippen molar-refractivity contribution in [2.75, 3.05) is 33.4 Å². The van der Waals surface area contributed by atoms with Crippen molar-refractivity contribution in [1.29, 1.82) is 0 Å². The van der Waals surface area contributed by atoms with Crippen LogP contribution in [0.4, 0.5) is 0 Å². The van der Waals surface area contributed by atoms with Crippen molar-refractivity contribution in [3.63, 3.8) is 0 Å². The van der Waals surface area contributed by atoms with Crippen LogP contribution >= 0.6 is 0 Å². The molecule has 1 N–H and O–H groups in total. The van der Waals surface area contributed by atoms with Gasteiger partial charge in [0.2, 0.25) is 0 Å². The van der Waals surface area contributed by atoms with Gasteiger partial charge in [-0.25, -0.2) is 0 Å². The Bertz CT molecular complexity index is 301. The Balaban J connectivity index is 1.70. The number of carbonyl (C=O) groups is 1. The lowest BCUT2D eigenvalue weighted by atomic mass is 10.2. The molecule has 1 saturated heterocycles. The number of nitrogens with zero attached hydrogens (tertiary/aromatic N) is 1. The van der Waals surface area contributed by atoms with Crippen LogP contribution in [0.5, 0.6) is 0 Å². The Hall–Kier alpha value is -0.650. The third-order valence-electron chi connectivity index (χ3n) is 3.92. The molecule has 2 fully saturated rings. The molecule has 0 aromatic rings. The zero-order valence-electron chi connectivity index (χ0n) is 12.8. The molecule has 0 amide bonds. The van der Waals surface area contributed by atoms with Crippen LogP contribution in [-0.4, -0.2) is 62.4 Å². The molecule has 0 aromatic heterocycles. The maximum atomic E-state index is 11.9. The summed E-state index contributed by atoms with van der Waals surface area (Å²) in [6.45, 7) is 5.05. The molecule has 0 aromatic carbocycles. The van der Waals surface area contributed by atoms with Gasteiger partial charge in [0.05, 0.1) is 12.7 Å². The Morgan fingerprint density at radius 1 is 1.45 bits per heavy atom. The van der Waals surface area contributed by atoms with Crippen molar-refractivity contribution in [1.82, 2.24) is 10.2 Å². The van der Waals surface area contributed by atoms with E-state index in [0.29, 0.717) is 18.8 Å². The number of rotatable bonds is 9. The summed E-state index contributed by atoms with van der Waals surface area (Å²) in [7, 11) is 2.10. The molecule has 2 unspecified atom stereocenters. The minimum Gasteiger partial charge on any atom is -0.465 e. The number of nitrogens with one attached hydrogen (secondary N) is 1. The van der Waals surface area contributed by atoms with Gasteiger partial charge in [0.25, 0.3) is 0 Å². The average Bonchev–Trinajstić information content (AvgIpc) is 3.10. The van der Waals surface area contributed by atoms with E-state index in [1.807, 2.05) is 6.92 Å². The zero-order chi connectivity index (χ0) is 14.4. The monoisotopic (exact) mass is 284 g/mol. The number of ether oxygens (including phenoxy) is 2. The van der Waals surface area contributed by atoms with Crippen LogP contribution < -0.4 is 5.32 Å². The van der Waals surface area contributed by atoms with Gasteiger partial charge in [-0.2, -0.15) is 0 Å². The first-order valence-corrected chi connectivity index (χ1v) is 7.92. The van der Waals surface area contributed by atoms with Gasteiger partial charge in [-0.15, -0.1) is 0 Å². The lowest BCUT2D eigenvalue weighted by Gasteiger charge is -2.23. The highest BCUT2D eigenvalue weighted by Gasteiger charge is 2.29. The fourth-order valence-corrected chi connectivity index (χ4v) is 2.62. The van der Waals surface area contributed by atoms with Crippen LogP contribution in [0.2, 0.25) is 0 Å². The minimum atomic E-state index is -0.158. The molecule has 2 aliphatic rings. The molecule has 0 bridgehead atoms. The highest BCUT2D eigenvalue weighted by atomic mass is 16.5. The van der Waals surface area contributed by atoms with E-state index in [9.17, 15) is 4.79 Å². The second-order valence-electron chi connectivity index (χ2n) is 5.93. The third-order valence-corrected chi connectivity index (χ3v) is 3.92. The number of hydrogen-bond donors (Lipinski definition) is 1. The van der Waals surface area contributed by atoms with Crippen molar-refractivity contribution in [3.05, 3.63) is 0 Å². The molecule has 1 saturated carbocycles. The predicted molar refractivity (Wildman–Crippen MR) is 77.7 cm³/mol. The normalized spacial score (nSPS) is 24.1. The second kappa shape index (κ2) is 7.96. The number of carbonyl (C=O) groups excluding carboxylic acids is 1. The fraction of sp³-hybridized carbons (Fsp3) is 0.933. The average molecular weight is 284 g/mol. The maximum Gasteiger partial charge on any atom is 0.323 e. The van der Waals surface area contributed by atoms with Gasteiger partial charge >= 0.3 is 5.97 Å². The van der Waals surface area contributed by atoms with E-state index in [2.05, 4.69) is 17.3 Å². The predicted octanol–water partition coefficient (Wildman–Crippen LogP) is 1.17. The first-order valence-electron chi connectivity index (χ1n) is 7.92. The van der Waals surface area contributed by atoms with E-state index < -0.39 is 0 Å². The van der Waals surface area contributed by atoms with E-state index in [0.717, 1.165) is 32.5 Å². The molecular weight excluding hydrogens is 256 g/mol. The fourth-order valence-electron chi connectivity index (χ4n) is 2.62. The molecule has 0 radical (unpaired) electrons. The molecule has 116 valence electrons. The molecule has 5 heteroatoms. The van der Waals surface area contributed by atoms with Crippen LogP contribution in [0, 0.1) is 0 Å². The summed E-state index contributed by atoms with van der Waals surface area (Å²) in [6, 6.07) is 0.363. The molecule has 0 spiro atoms. The Kier molecular flexibility index (Phi) is 6.26. The van der Waals surface area contributed by atoms with E-state index in [1.54, 1.807) is 0 Å². The topological polar surface area (TPSA) is 50.8 Å². The zero-order valence-corrected chi connectivity index (χ0v) is 12.8. The van der Waals surface area contributed by atoms with Gasteiger partial charge in [0.15, 0.2) is 0 Å². The molecule has 2 rings (SSSR count). The van der Waals surface area contributed by atoms with Gasteiger partial charge in [-0.1, -0.05) is 0 Å². The number of hydrogen-bond acceptors (Lipinski definition) is 5. The largest absolute Gasteiger partial charge is 0.465 e. The lowest BCUT2D eigenvalue weighted by molar-refractivity contribution is -0.146. The highest BCUT2D eigenvalue weighted by molar-refractivity contribution is 5.75. The van der Waals surface area contributed by atoms with E-state index in [4.69, 9.17) is 9.47 Å². The summed E-state index contributed by atoms with van der Waals surface area (Å²) >= 11 is 0. The Morgan fingerprint density at radius 2 is 2.25 bits per heavy atom. The Labute approximate surface area is 122 Å². The highest BCUT2D eigenvalue weighted by Crippen LogP contribution is 2.20. The molecule has 20 heavy (non-hydrogen) atoms. The van der Waals surface area contributed by atoms with Crippen LogP contribution in [-0.2, 0) is 14.3 Å². The quantitative estimate of drug-likeness (QED) is 0.644. The van der Waals surface area contributed by atoms with Crippen molar-refractivity contribution in [2.24, 2.45) is 0 Å². The van der Waals surface area contributed by atoms with Crippen LogP contribution in [0.25, 0.3) is 0 Å². The standard InChI is InChI=1S/C15H28N2O3/c1-3-19-15(18)14(16-12-6-7-12)8-9-17(2)11-13-5-4-10-20-13/h12-14,16H,3-11H2,1-2H3. The van der Waals surface area contributed by atoms with Gasteiger partial charge in [-0.3, -0.25) is 4.79 Å². The van der Waals surface area contributed by atoms with Gasteiger partial charge < -0.3 is 19.7 Å². The molecule has 1 heterocycles. The summed E-state index contributed by atoms with van der Waals surface area (Å²) in [6.07, 6.45) is 5.87. The van der Waals surface area contributed by atoms with Crippen molar-refractivity contribution < 1.29 is 14.3 Å². The van der Waals surface area contributed by atoms with E-state index >= 15 is 0 Å². The van der Waals surface area contributed by atoms with Gasteiger partial charge in [0.1, 0.15) is 6.04 Å². The number of esters is 1. The SMILES string of the molecule is CCOC(=O)C(CCN(C)CC1CCCO1)NC1CC1. The van der Waals surface area contributed by atoms with E-state index in [-0.39, 0.29) is 12.0 Å². The van der Waals surface area contributed by atoms with Crippen LogP contribution in [0.15, 0.2) is 0 Å². The summed E-state index contributed by atoms with van der Waals surface area (Å²) in [5.41, 5.74) is 0. The van der Waals surface area contributed by atoms with Gasteiger partial charge in [0, 0.05) is 19.2 Å². The van der Waals surface area contributed by atoms with Crippen LogP contribution in [0.1, 0.15) is 39.0 Å². The van der Waals surface area contributed by atoms with Crippen molar-refractivity contribution in [3.8, 4) is 0 Å². The third kappa shape index (κ3) is 5.38.